The summed E-state index contributed by atoms with van der Waals surface area (Å²) in [6.07, 6.45) is 0. The summed E-state index contributed by atoms with van der Waals surface area (Å²) in [5, 5.41) is 26.9. The predicted octanol–water partition coefficient (Wildman–Crippen LogP) is 4.11. The summed E-state index contributed by atoms with van der Waals surface area (Å²) >= 11 is 3.29. The van der Waals surface area contributed by atoms with Crippen LogP contribution in [0.1, 0.15) is 12.5 Å². The highest BCUT2D eigenvalue weighted by atomic mass is 32.2. The van der Waals surface area contributed by atoms with Gasteiger partial charge in [-0.1, -0.05) is 78.6 Å². The number of rotatable bonds is 7. The molecule has 0 fully saturated rings. The summed E-state index contributed by atoms with van der Waals surface area (Å²) < 4.78 is 0.994. The number of tetrazole rings is 1. The average Bonchev–Trinajstić information content (AvgIpc) is 3.39. The van der Waals surface area contributed by atoms with Crippen molar-refractivity contribution in [1.82, 2.24) is 30.8 Å². The molecule has 27 heavy (non-hydrogen) atoms. The minimum atomic E-state index is 0.591. The van der Waals surface area contributed by atoms with Crippen LogP contribution in [0.4, 0.5) is 5.13 Å². The van der Waals surface area contributed by atoms with E-state index in [1.165, 1.54) is 5.56 Å². The van der Waals surface area contributed by atoms with Crippen molar-refractivity contribution in [2.24, 2.45) is 0 Å². The van der Waals surface area contributed by atoms with Crippen molar-refractivity contribution in [3.8, 4) is 22.5 Å². The first-order valence-electron chi connectivity index (χ1n) is 8.46. The smallest absolute Gasteiger partial charge is 0.206 e. The molecule has 7 nitrogen and oxygen atoms in total. The number of H-pyrrole nitrogens is 1. The zero-order valence-electron chi connectivity index (χ0n) is 14.6. The van der Waals surface area contributed by atoms with E-state index in [2.05, 4.69) is 73.4 Å². The van der Waals surface area contributed by atoms with E-state index in [0.717, 1.165) is 31.9 Å². The fourth-order valence-electron chi connectivity index (χ4n) is 2.65. The van der Waals surface area contributed by atoms with Crippen LogP contribution in [0.25, 0.3) is 22.5 Å². The van der Waals surface area contributed by atoms with Gasteiger partial charge in [0.25, 0.3) is 0 Å². The Hall–Kier alpha value is -2.78. The van der Waals surface area contributed by atoms with Gasteiger partial charge in [-0.05, 0) is 27.7 Å². The third kappa shape index (κ3) is 4.15. The number of aromatic nitrogens is 6. The first-order chi connectivity index (χ1) is 13.3. The van der Waals surface area contributed by atoms with Crippen LogP contribution in [0.3, 0.4) is 0 Å². The van der Waals surface area contributed by atoms with E-state index in [9.17, 15) is 0 Å². The zero-order valence-corrected chi connectivity index (χ0v) is 16.2. The Bertz CT molecular complexity index is 997. The zero-order chi connectivity index (χ0) is 18.5. The number of hydrogen-bond acceptors (Lipinski definition) is 8. The third-order valence-electron chi connectivity index (χ3n) is 3.90. The minimum Gasteiger partial charge on any atom is -0.356 e. The lowest BCUT2D eigenvalue weighted by Crippen LogP contribution is -1.98. The fraction of sp³-hybridized carbons (Fsp3) is 0.167. The normalized spacial score (nSPS) is 10.9. The summed E-state index contributed by atoms with van der Waals surface area (Å²) in [4.78, 5) is 0. The number of nitrogens with zero attached hydrogens (tertiary/aromatic N) is 5. The maximum atomic E-state index is 4.17. The molecule has 0 atom stereocenters. The highest BCUT2D eigenvalue weighted by molar-refractivity contribution is 8.01. The Balaban J connectivity index is 1.48. The molecule has 2 N–H and O–H groups in total. The van der Waals surface area contributed by atoms with E-state index in [1.54, 1.807) is 23.1 Å². The summed E-state index contributed by atoms with van der Waals surface area (Å²) in [6, 6.07) is 16.5. The van der Waals surface area contributed by atoms with E-state index < -0.39 is 0 Å². The van der Waals surface area contributed by atoms with Gasteiger partial charge in [0.15, 0.2) is 4.34 Å². The molecule has 0 radical (unpaired) electrons. The van der Waals surface area contributed by atoms with Gasteiger partial charge in [-0.25, -0.2) is 0 Å². The number of anilines is 1. The lowest BCUT2D eigenvalue weighted by atomic mass is 9.98. The molecule has 4 aromatic rings. The van der Waals surface area contributed by atoms with Crippen LogP contribution < -0.4 is 5.32 Å². The Kier molecular flexibility index (Phi) is 5.40. The number of hydrogen-bond donors (Lipinski definition) is 2. The molecule has 0 spiro atoms. The highest BCUT2D eigenvalue weighted by Gasteiger charge is 2.10. The Morgan fingerprint density at radius 1 is 1.00 bits per heavy atom. The van der Waals surface area contributed by atoms with Crippen molar-refractivity contribution in [1.29, 1.82) is 0 Å². The lowest BCUT2D eigenvalue weighted by molar-refractivity contribution is 0.881. The molecule has 0 saturated carbocycles. The number of aromatic amines is 1. The van der Waals surface area contributed by atoms with Crippen LogP contribution in [0.15, 0.2) is 52.9 Å². The van der Waals surface area contributed by atoms with Crippen molar-refractivity contribution in [2.45, 2.75) is 17.8 Å². The quantitative estimate of drug-likeness (QED) is 0.455. The molecule has 2 aromatic heterocycles. The summed E-state index contributed by atoms with van der Waals surface area (Å²) in [6.45, 7) is 2.82. The Labute approximate surface area is 164 Å². The van der Waals surface area contributed by atoms with Crippen molar-refractivity contribution < 1.29 is 0 Å². The molecule has 0 amide bonds. The average molecular weight is 396 g/mol. The van der Waals surface area contributed by atoms with Gasteiger partial charge in [0.1, 0.15) is 0 Å². The second kappa shape index (κ2) is 8.28. The molecule has 0 aliphatic rings. The van der Waals surface area contributed by atoms with Crippen molar-refractivity contribution in [3.63, 3.8) is 0 Å². The monoisotopic (exact) mass is 395 g/mol. The van der Waals surface area contributed by atoms with Gasteiger partial charge in [0, 0.05) is 12.1 Å². The maximum absolute atomic E-state index is 4.17. The first-order valence-corrected chi connectivity index (χ1v) is 10.3. The molecule has 0 aliphatic heterocycles. The largest absolute Gasteiger partial charge is 0.356 e. The van der Waals surface area contributed by atoms with Gasteiger partial charge in [-0.2, -0.15) is 5.21 Å². The van der Waals surface area contributed by atoms with E-state index in [0.29, 0.717) is 12.4 Å². The van der Waals surface area contributed by atoms with Crippen molar-refractivity contribution >= 4 is 28.2 Å². The van der Waals surface area contributed by atoms with Crippen molar-refractivity contribution in [2.75, 3.05) is 11.1 Å². The van der Waals surface area contributed by atoms with E-state index in [-0.39, 0.29) is 0 Å². The molecule has 136 valence electrons. The third-order valence-corrected chi connectivity index (χ3v) is 5.79. The molecule has 4 rings (SSSR count). The summed E-state index contributed by atoms with van der Waals surface area (Å²) in [5.41, 5.74) is 4.31. The molecule has 2 aromatic carbocycles. The van der Waals surface area contributed by atoms with Gasteiger partial charge in [0.2, 0.25) is 11.0 Å². The van der Waals surface area contributed by atoms with Crippen molar-refractivity contribution in [3.05, 3.63) is 54.1 Å². The summed E-state index contributed by atoms with van der Waals surface area (Å²) in [5.74, 6) is 1.59. The molecular formula is C18H17N7S2. The molecular weight excluding hydrogens is 378 g/mol. The predicted molar refractivity (Wildman–Crippen MR) is 109 cm³/mol. The van der Waals surface area contributed by atoms with Crippen LogP contribution in [-0.2, 0) is 6.54 Å². The first kappa shape index (κ1) is 17.6. The van der Waals surface area contributed by atoms with Crippen LogP contribution in [-0.4, -0.2) is 36.6 Å². The van der Waals surface area contributed by atoms with E-state index in [4.69, 9.17) is 0 Å². The summed E-state index contributed by atoms with van der Waals surface area (Å²) in [7, 11) is 0. The molecule has 0 unspecified atom stereocenters. The molecule has 0 bridgehead atoms. The standard InChI is InChI=1S/C18H17N7S2/c1-2-26-18-23-22-17(27-18)19-11-12-7-9-13(10-8-12)14-5-3-4-6-15(14)16-20-24-25-21-16/h3-10H,2,11H2,1H3,(H,19,22)(H,20,21,24,25). The number of nitrogens with one attached hydrogen (secondary N) is 2. The van der Waals surface area contributed by atoms with Crippen LogP contribution in [0.5, 0.6) is 0 Å². The van der Waals surface area contributed by atoms with Crippen LogP contribution in [0.2, 0.25) is 0 Å². The van der Waals surface area contributed by atoms with Gasteiger partial charge in [0.05, 0.1) is 0 Å². The molecule has 0 saturated heterocycles. The Morgan fingerprint density at radius 3 is 2.56 bits per heavy atom. The van der Waals surface area contributed by atoms with Gasteiger partial charge in [-0.3, -0.25) is 0 Å². The lowest BCUT2D eigenvalue weighted by Gasteiger charge is -2.08. The van der Waals surface area contributed by atoms with Gasteiger partial charge < -0.3 is 5.32 Å². The maximum Gasteiger partial charge on any atom is 0.206 e. The van der Waals surface area contributed by atoms with Gasteiger partial charge in [-0.15, -0.1) is 20.4 Å². The topological polar surface area (TPSA) is 92.3 Å². The van der Waals surface area contributed by atoms with Gasteiger partial charge >= 0.3 is 0 Å². The van der Waals surface area contributed by atoms with Crippen LogP contribution in [0, 0.1) is 0 Å². The fourth-order valence-corrected chi connectivity index (χ4v) is 4.29. The number of thioether (sulfide) groups is 1. The Morgan fingerprint density at radius 2 is 1.81 bits per heavy atom. The second-order valence-electron chi connectivity index (χ2n) is 5.64. The molecule has 9 heteroatoms. The SMILES string of the molecule is CCSc1nnc(NCc2ccc(-c3ccccc3-c3nn[nH]n3)cc2)s1. The molecule has 2 heterocycles. The second-order valence-corrected chi connectivity index (χ2v) is 8.13. The molecule has 0 aliphatic carbocycles. The van der Waals surface area contributed by atoms with E-state index in [1.807, 2.05) is 18.2 Å². The highest BCUT2D eigenvalue weighted by Crippen LogP contribution is 2.30. The van der Waals surface area contributed by atoms with Crippen LogP contribution >= 0.6 is 23.1 Å². The minimum absolute atomic E-state index is 0.591. The van der Waals surface area contributed by atoms with E-state index >= 15 is 0 Å². The number of benzene rings is 2.